The normalized spacial score (nSPS) is 11.5. The van der Waals surface area contributed by atoms with Crippen molar-refractivity contribution in [1.29, 1.82) is 0 Å². The second-order valence-corrected chi connectivity index (χ2v) is 6.11. The predicted molar refractivity (Wildman–Crippen MR) is 85.3 cm³/mol. The fourth-order valence-corrected chi connectivity index (χ4v) is 2.69. The summed E-state index contributed by atoms with van der Waals surface area (Å²) < 4.78 is 0.851. The molecule has 3 N–H and O–H groups in total. The predicted octanol–water partition coefficient (Wildman–Crippen LogP) is 1.71. The number of thioether (sulfide) groups is 1. The zero-order valence-corrected chi connectivity index (χ0v) is 13.7. The summed E-state index contributed by atoms with van der Waals surface area (Å²) in [6.07, 6.45) is 0. The first-order valence-electron chi connectivity index (χ1n) is 6.01. The number of nitrogens with one attached hydrogen (secondary N) is 2. The van der Waals surface area contributed by atoms with Gasteiger partial charge in [-0.25, -0.2) is 4.79 Å². The van der Waals surface area contributed by atoms with Crippen molar-refractivity contribution in [2.75, 3.05) is 16.8 Å². The third-order valence-electron chi connectivity index (χ3n) is 2.30. The Morgan fingerprint density at radius 2 is 2.10 bits per heavy atom. The molecule has 0 radical (unpaired) electrons. The Labute approximate surface area is 134 Å². The van der Waals surface area contributed by atoms with Crippen molar-refractivity contribution in [3.8, 4) is 0 Å². The topological polar surface area (TPSA) is 95.5 Å². The molecule has 1 atom stereocenters. The van der Waals surface area contributed by atoms with Gasteiger partial charge in [0.2, 0.25) is 11.8 Å². The number of carbonyl (C=O) groups excluding carboxylic acids is 2. The number of carboxylic acids is 1. The second-order valence-electron chi connectivity index (χ2n) is 4.16. The quantitative estimate of drug-likeness (QED) is 0.675. The molecule has 0 heterocycles. The maximum atomic E-state index is 11.7. The highest BCUT2D eigenvalue weighted by Gasteiger charge is 2.18. The number of amides is 2. The van der Waals surface area contributed by atoms with Crippen LogP contribution in [0.5, 0.6) is 0 Å². The molecule has 1 unspecified atom stereocenters. The molecule has 2 amide bonds. The van der Waals surface area contributed by atoms with Crippen LogP contribution in [0.25, 0.3) is 0 Å². The van der Waals surface area contributed by atoms with Crippen molar-refractivity contribution in [1.82, 2.24) is 5.32 Å². The van der Waals surface area contributed by atoms with E-state index in [0.717, 1.165) is 16.2 Å². The first-order chi connectivity index (χ1) is 9.88. The standard InChI is InChI=1S/C13H15BrN2O4S/c1-8(17)15-11(13(19)20)6-21-7-12(18)16-10-4-2-3-9(14)5-10/h2-5,11H,6-7H2,1H3,(H,15,17)(H,16,18)(H,19,20). The van der Waals surface area contributed by atoms with Crippen molar-refractivity contribution in [2.45, 2.75) is 13.0 Å². The fourth-order valence-electron chi connectivity index (χ4n) is 1.45. The maximum Gasteiger partial charge on any atom is 0.327 e. The van der Waals surface area contributed by atoms with E-state index in [4.69, 9.17) is 5.11 Å². The van der Waals surface area contributed by atoms with E-state index in [1.54, 1.807) is 18.2 Å². The summed E-state index contributed by atoms with van der Waals surface area (Å²) in [5, 5.41) is 13.9. The molecule has 0 aliphatic heterocycles. The lowest BCUT2D eigenvalue weighted by molar-refractivity contribution is -0.140. The minimum atomic E-state index is -1.12. The Bertz CT molecular complexity index is 539. The average Bonchev–Trinajstić information content (AvgIpc) is 2.36. The largest absolute Gasteiger partial charge is 0.480 e. The highest BCUT2D eigenvalue weighted by molar-refractivity contribution is 9.10. The Kier molecular flexibility index (Phi) is 7.24. The number of anilines is 1. The summed E-state index contributed by atoms with van der Waals surface area (Å²) in [7, 11) is 0. The van der Waals surface area contributed by atoms with Crippen LogP contribution in [0, 0.1) is 0 Å². The van der Waals surface area contributed by atoms with Crippen LogP contribution in [-0.4, -0.2) is 40.4 Å². The van der Waals surface area contributed by atoms with Crippen LogP contribution in [-0.2, 0) is 14.4 Å². The van der Waals surface area contributed by atoms with Gasteiger partial charge in [-0.3, -0.25) is 9.59 Å². The number of halogens is 1. The molecule has 21 heavy (non-hydrogen) atoms. The SMILES string of the molecule is CC(=O)NC(CSCC(=O)Nc1cccc(Br)c1)C(=O)O. The number of carboxylic acid groups (broad SMARTS) is 1. The van der Waals surface area contributed by atoms with Crippen molar-refractivity contribution in [3.63, 3.8) is 0 Å². The van der Waals surface area contributed by atoms with E-state index in [2.05, 4.69) is 26.6 Å². The summed E-state index contributed by atoms with van der Waals surface area (Å²) >= 11 is 4.44. The molecule has 1 aromatic rings. The number of aliphatic carboxylic acids is 1. The highest BCUT2D eigenvalue weighted by atomic mass is 79.9. The van der Waals surface area contributed by atoms with Crippen LogP contribution in [0.2, 0.25) is 0 Å². The van der Waals surface area contributed by atoms with E-state index in [9.17, 15) is 14.4 Å². The van der Waals surface area contributed by atoms with Crippen LogP contribution in [0.4, 0.5) is 5.69 Å². The summed E-state index contributed by atoms with van der Waals surface area (Å²) in [4.78, 5) is 33.5. The molecule has 0 fully saturated rings. The zero-order valence-electron chi connectivity index (χ0n) is 11.3. The Morgan fingerprint density at radius 3 is 2.67 bits per heavy atom. The molecule has 6 nitrogen and oxygen atoms in total. The molecule has 114 valence electrons. The molecule has 0 aromatic heterocycles. The van der Waals surface area contributed by atoms with Crippen molar-refractivity contribution >= 4 is 51.2 Å². The van der Waals surface area contributed by atoms with Crippen molar-refractivity contribution in [3.05, 3.63) is 28.7 Å². The molecule has 0 spiro atoms. The van der Waals surface area contributed by atoms with Crippen LogP contribution in [0.1, 0.15) is 6.92 Å². The first-order valence-corrected chi connectivity index (χ1v) is 7.96. The van der Waals surface area contributed by atoms with Crippen LogP contribution in [0.3, 0.4) is 0 Å². The molecule has 1 aromatic carbocycles. The fraction of sp³-hybridized carbons (Fsp3) is 0.308. The lowest BCUT2D eigenvalue weighted by Crippen LogP contribution is -2.41. The van der Waals surface area contributed by atoms with Crippen LogP contribution >= 0.6 is 27.7 Å². The van der Waals surface area contributed by atoms with Crippen molar-refractivity contribution < 1.29 is 19.5 Å². The first kappa shape index (κ1) is 17.5. The van der Waals surface area contributed by atoms with E-state index >= 15 is 0 Å². The molecular formula is C13H15BrN2O4S. The van der Waals surface area contributed by atoms with Gasteiger partial charge in [-0.2, -0.15) is 0 Å². The van der Waals surface area contributed by atoms with E-state index < -0.39 is 17.9 Å². The molecule has 0 bridgehead atoms. The summed E-state index contributed by atoms with van der Waals surface area (Å²) in [6, 6.07) is 6.16. The summed E-state index contributed by atoms with van der Waals surface area (Å²) in [5.74, 6) is -1.53. The second kappa shape index (κ2) is 8.68. The van der Waals surface area contributed by atoms with E-state index in [1.807, 2.05) is 6.07 Å². The number of hydrogen-bond donors (Lipinski definition) is 3. The monoisotopic (exact) mass is 374 g/mol. The Balaban J connectivity index is 2.38. The summed E-state index contributed by atoms with van der Waals surface area (Å²) in [6.45, 7) is 1.25. The van der Waals surface area contributed by atoms with Crippen molar-refractivity contribution in [2.24, 2.45) is 0 Å². The van der Waals surface area contributed by atoms with Gasteiger partial charge in [0.1, 0.15) is 6.04 Å². The lowest BCUT2D eigenvalue weighted by Gasteiger charge is -2.12. The van der Waals surface area contributed by atoms with Gasteiger partial charge in [-0.15, -0.1) is 11.8 Å². The number of carbonyl (C=O) groups is 3. The van der Waals surface area contributed by atoms with Gasteiger partial charge < -0.3 is 15.7 Å². The third-order valence-corrected chi connectivity index (χ3v) is 3.83. The average molecular weight is 375 g/mol. The molecule has 8 heteroatoms. The molecule has 1 rings (SSSR count). The van der Waals surface area contributed by atoms with Gasteiger partial charge in [0.15, 0.2) is 0 Å². The molecule has 0 saturated heterocycles. The van der Waals surface area contributed by atoms with Gasteiger partial charge in [0, 0.05) is 22.8 Å². The van der Waals surface area contributed by atoms with Gasteiger partial charge in [-0.05, 0) is 18.2 Å². The smallest absolute Gasteiger partial charge is 0.327 e. The van der Waals surface area contributed by atoms with Crippen LogP contribution in [0.15, 0.2) is 28.7 Å². The van der Waals surface area contributed by atoms with E-state index in [0.29, 0.717) is 5.69 Å². The number of rotatable bonds is 7. The molecule has 0 saturated carbocycles. The van der Waals surface area contributed by atoms with Gasteiger partial charge >= 0.3 is 5.97 Å². The van der Waals surface area contributed by atoms with E-state index in [1.165, 1.54) is 6.92 Å². The Morgan fingerprint density at radius 1 is 1.38 bits per heavy atom. The number of hydrogen-bond acceptors (Lipinski definition) is 4. The minimum Gasteiger partial charge on any atom is -0.480 e. The molecular weight excluding hydrogens is 360 g/mol. The van der Waals surface area contributed by atoms with Crippen LogP contribution < -0.4 is 10.6 Å². The molecule has 0 aliphatic rings. The van der Waals surface area contributed by atoms with Gasteiger partial charge in [-0.1, -0.05) is 22.0 Å². The van der Waals surface area contributed by atoms with E-state index in [-0.39, 0.29) is 17.4 Å². The summed E-state index contributed by atoms with van der Waals surface area (Å²) in [5.41, 5.74) is 0.659. The zero-order chi connectivity index (χ0) is 15.8. The molecule has 0 aliphatic carbocycles. The Hall–Kier alpha value is -1.54. The minimum absolute atomic E-state index is 0.107. The number of benzene rings is 1. The third kappa shape index (κ3) is 7.14. The van der Waals surface area contributed by atoms with Gasteiger partial charge in [0.05, 0.1) is 5.75 Å². The maximum absolute atomic E-state index is 11.7. The van der Waals surface area contributed by atoms with Gasteiger partial charge in [0.25, 0.3) is 0 Å². The lowest BCUT2D eigenvalue weighted by atomic mass is 10.3. The highest BCUT2D eigenvalue weighted by Crippen LogP contribution is 2.16.